The van der Waals surface area contributed by atoms with Crippen molar-refractivity contribution in [3.63, 3.8) is 0 Å². The molecule has 1 aromatic carbocycles. The lowest BCUT2D eigenvalue weighted by Crippen LogP contribution is -2.30. The molecule has 1 saturated heterocycles. The van der Waals surface area contributed by atoms with Crippen LogP contribution in [0.4, 0.5) is 5.69 Å². The number of nitrogens with zero attached hydrogens (tertiary/aromatic N) is 1. The standard InChI is InChI=1S/C11H15N.C7H13N3O2S/c1-3-7-11(8-4-1)12-9-5-2-6-10-12;8-6(5(10-9)7(11)12)13-4-2-1-3-4/h1,3-4,7-8H,2,5-6,9-10H2;4,10H,1-3,8-9H2,(H,11,12)/b;6-5+. The maximum absolute atomic E-state index is 10.6. The summed E-state index contributed by atoms with van der Waals surface area (Å²) in [4.78, 5) is 13.0. The number of rotatable bonds is 5. The Hall–Kier alpha value is -1.86. The maximum Gasteiger partial charge on any atom is 0.356 e. The summed E-state index contributed by atoms with van der Waals surface area (Å²) in [5.41, 5.74) is 8.92. The largest absolute Gasteiger partial charge is 0.476 e. The highest BCUT2D eigenvalue weighted by molar-refractivity contribution is 8.03. The third-order valence-corrected chi connectivity index (χ3v) is 5.69. The summed E-state index contributed by atoms with van der Waals surface area (Å²) in [6, 6.07) is 10.7. The SMILES string of the molecule is NN/C(C(=O)O)=C(\N)SC1CCC1.c1ccc(N2CCCCC2)cc1. The molecule has 0 atom stereocenters. The summed E-state index contributed by atoms with van der Waals surface area (Å²) in [6.07, 6.45) is 7.52. The summed E-state index contributed by atoms with van der Waals surface area (Å²) in [7, 11) is 0. The van der Waals surface area contributed by atoms with Crippen LogP contribution in [0.3, 0.4) is 0 Å². The first-order valence-electron chi connectivity index (χ1n) is 8.78. The third kappa shape index (κ3) is 6.17. The van der Waals surface area contributed by atoms with Crippen LogP contribution in [0.2, 0.25) is 0 Å². The fourth-order valence-corrected chi connectivity index (χ4v) is 3.95. The van der Waals surface area contributed by atoms with E-state index in [-0.39, 0.29) is 10.7 Å². The number of carbonyl (C=O) groups is 1. The monoisotopic (exact) mass is 364 g/mol. The lowest BCUT2D eigenvalue weighted by molar-refractivity contribution is -0.133. The van der Waals surface area contributed by atoms with Crippen LogP contribution in [0, 0.1) is 0 Å². The van der Waals surface area contributed by atoms with Gasteiger partial charge in [0.15, 0.2) is 5.70 Å². The van der Waals surface area contributed by atoms with Gasteiger partial charge in [0.2, 0.25) is 0 Å². The Balaban J connectivity index is 0.000000181. The van der Waals surface area contributed by atoms with Gasteiger partial charge >= 0.3 is 5.97 Å². The normalized spacial score (nSPS) is 18.4. The molecule has 7 heteroatoms. The average Bonchev–Trinajstić information content (AvgIpc) is 2.61. The van der Waals surface area contributed by atoms with Gasteiger partial charge in [0, 0.05) is 24.0 Å². The molecule has 138 valence electrons. The molecule has 0 spiro atoms. The van der Waals surface area contributed by atoms with Crippen LogP contribution in [0.5, 0.6) is 0 Å². The van der Waals surface area contributed by atoms with Gasteiger partial charge in [-0.3, -0.25) is 5.84 Å². The second kappa shape index (κ2) is 10.2. The molecule has 3 rings (SSSR count). The number of aliphatic carboxylic acids is 1. The number of nitrogens with two attached hydrogens (primary N) is 2. The van der Waals surface area contributed by atoms with E-state index in [2.05, 4.69) is 40.7 Å². The van der Waals surface area contributed by atoms with Crippen molar-refractivity contribution >= 4 is 23.4 Å². The molecule has 0 aromatic heterocycles. The fourth-order valence-electron chi connectivity index (χ4n) is 2.76. The Bertz CT molecular complexity index is 570. The molecule has 1 aliphatic heterocycles. The number of carboxylic acids is 1. The van der Waals surface area contributed by atoms with Gasteiger partial charge in [-0.05, 0) is 44.2 Å². The summed E-state index contributed by atoms with van der Waals surface area (Å²) < 4.78 is 0. The third-order valence-electron chi connectivity index (χ3n) is 4.43. The molecule has 2 fully saturated rings. The van der Waals surface area contributed by atoms with E-state index in [9.17, 15) is 4.79 Å². The highest BCUT2D eigenvalue weighted by Gasteiger charge is 2.21. The smallest absolute Gasteiger partial charge is 0.356 e. The minimum absolute atomic E-state index is 0.114. The number of nitrogens with one attached hydrogen (secondary N) is 1. The maximum atomic E-state index is 10.6. The van der Waals surface area contributed by atoms with Gasteiger partial charge in [-0.2, -0.15) is 0 Å². The lowest BCUT2D eigenvalue weighted by atomic mass is 10.0. The predicted molar refractivity (Wildman–Crippen MR) is 104 cm³/mol. The minimum atomic E-state index is -1.12. The fraction of sp³-hybridized carbons (Fsp3) is 0.500. The number of piperidine rings is 1. The van der Waals surface area contributed by atoms with Crippen molar-refractivity contribution in [2.75, 3.05) is 18.0 Å². The molecule has 25 heavy (non-hydrogen) atoms. The number of hydrogen-bond donors (Lipinski definition) is 4. The van der Waals surface area contributed by atoms with Gasteiger partial charge in [-0.15, -0.1) is 11.8 Å². The molecule has 1 saturated carbocycles. The molecule has 1 heterocycles. The summed E-state index contributed by atoms with van der Waals surface area (Å²) >= 11 is 1.38. The second-order valence-electron chi connectivity index (χ2n) is 6.24. The van der Waals surface area contributed by atoms with E-state index >= 15 is 0 Å². The number of benzene rings is 1. The molecule has 1 aliphatic carbocycles. The Labute approximate surface area is 153 Å². The first kappa shape index (κ1) is 19.5. The lowest BCUT2D eigenvalue weighted by Gasteiger charge is -2.28. The van der Waals surface area contributed by atoms with E-state index in [4.69, 9.17) is 16.7 Å². The van der Waals surface area contributed by atoms with E-state index in [1.807, 2.05) is 0 Å². The van der Waals surface area contributed by atoms with Gasteiger partial charge in [-0.25, -0.2) is 4.79 Å². The number of hydrazine groups is 1. The van der Waals surface area contributed by atoms with E-state index < -0.39 is 5.97 Å². The minimum Gasteiger partial charge on any atom is -0.476 e. The van der Waals surface area contributed by atoms with Gasteiger partial charge in [0.25, 0.3) is 0 Å². The molecular formula is C18H28N4O2S. The van der Waals surface area contributed by atoms with E-state index in [1.54, 1.807) is 0 Å². The molecule has 0 unspecified atom stereocenters. The molecule has 0 radical (unpaired) electrons. The van der Waals surface area contributed by atoms with Crippen molar-refractivity contribution in [3.8, 4) is 0 Å². The Morgan fingerprint density at radius 1 is 1.12 bits per heavy atom. The topological polar surface area (TPSA) is 105 Å². The number of para-hydroxylation sites is 1. The van der Waals surface area contributed by atoms with Crippen molar-refractivity contribution in [1.29, 1.82) is 0 Å². The van der Waals surface area contributed by atoms with Crippen molar-refractivity contribution < 1.29 is 9.90 Å². The highest BCUT2D eigenvalue weighted by atomic mass is 32.2. The molecule has 2 aliphatic rings. The summed E-state index contributed by atoms with van der Waals surface area (Å²) in [5, 5.41) is 9.38. The Morgan fingerprint density at radius 3 is 2.24 bits per heavy atom. The van der Waals surface area contributed by atoms with Gasteiger partial charge in [0.05, 0.1) is 5.03 Å². The molecule has 0 bridgehead atoms. The van der Waals surface area contributed by atoms with Crippen LogP contribution in [-0.2, 0) is 4.79 Å². The van der Waals surface area contributed by atoms with Gasteiger partial charge in [0.1, 0.15) is 0 Å². The summed E-state index contributed by atoms with van der Waals surface area (Å²) in [6.45, 7) is 2.48. The predicted octanol–water partition coefficient (Wildman–Crippen LogP) is 2.62. The number of hydrogen-bond acceptors (Lipinski definition) is 6. The zero-order valence-electron chi connectivity index (χ0n) is 14.5. The Kier molecular flexibility index (Phi) is 7.94. The Morgan fingerprint density at radius 2 is 1.76 bits per heavy atom. The molecule has 6 nitrogen and oxygen atoms in total. The van der Waals surface area contributed by atoms with Crippen LogP contribution in [0.25, 0.3) is 0 Å². The van der Waals surface area contributed by atoms with Crippen molar-refractivity contribution in [2.45, 2.75) is 43.8 Å². The number of carboxylic acid groups (broad SMARTS) is 1. The van der Waals surface area contributed by atoms with Gasteiger partial charge < -0.3 is 21.2 Å². The average molecular weight is 365 g/mol. The van der Waals surface area contributed by atoms with E-state index in [0.29, 0.717) is 5.25 Å². The van der Waals surface area contributed by atoms with E-state index in [1.165, 1.54) is 56.2 Å². The van der Waals surface area contributed by atoms with Crippen LogP contribution < -0.4 is 21.9 Å². The van der Waals surface area contributed by atoms with Crippen molar-refractivity contribution in [1.82, 2.24) is 5.43 Å². The van der Waals surface area contributed by atoms with Crippen LogP contribution in [0.1, 0.15) is 38.5 Å². The van der Waals surface area contributed by atoms with E-state index in [0.717, 1.165) is 12.8 Å². The zero-order chi connectivity index (χ0) is 18.1. The zero-order valence-corrected chi connectivity index (χ0v) is 15.3. The number of thioether (sulfide) groups is 1. The highest BCUT2D eigenvalue weighted by Crippen LogP contribution is 2.34. The van der Waals surface area contributed by atoms with Crippen LogP contribution >= 0.6 is 11.8 Å². The summed E-state index contributed by atoms with van der Waals surface area (Å²) in [5.74, 6) is 3.91. The second-order valence-corrected chi connectivity index (χ2v) is 7.58. The molecule has 0 amide bonds. The first-order valence-corrected chi connectivity index (χ1v) is 9.66. The number of anilines is 1. The van der Waals surface area contributed by atoms with Gasteiger partial charge in [-0.1, -0.05) is 24.6 Å². The van der Waals surface area contributed by atoms with Crippen molar-refractivity contribution in [2.24, 2.45) is 11.6 Å². The quantitative estimate of drug-likeness (QED) is 0.362. The molecular weight excluding hydrogens is 336 g/mol. The van der Waals surface area contributed by atoms with Crippen LogP contribution in [-0.4, -0.2) is 29.4 Å². The van der Waals surface area contributed by atoms with Crippen molar-refractivity contribution in [3.05, 3.63) is 41.1 Å². The first-order chi connectivity index (χ1) is 12.1. The molecule has 6 N–H and O–H groups in total. The molecule has 1 aromatic rings. The van der Waals surface area contributed by atoms with Crippen LogP contribution in [0.15, 0.2) is 41.1 Å².